The van der Waals surface area contributed by atoms with Crippen LogP contribution in [0.4, 0.5) is 5.95 Å². The molecule has 0 spiro atoms. The lowest BCUT2D eigenvalue weighted by molar-refractivity contribution is 1.04. The summed E-state index contributed by atoms with van der Waals surface area (Å²) in [5.74, 6) is 0.806. The number of halogens is 1. The number of aromatic nitrogens is 2. The van der Waals surface area contributed by atoms with Gasteiger partial charge in [-0.3, -0.25) is 4.57 Å². The average molecular weight is 222 g/mol. The van der Waals surface area contributed by atoms with Gasteiger partial charge in [0.1, 0.15) is 0 Å². The standard InChI is InChI=1S/C11H12ClN3/c1-8-3-4-9(12)7-10(8)15-6-5-14-11(15)13-2/h3-7H,1-2H3,(H,13,14). The van der Waals surface area contributed by atoms with Crippen molar-refractivity contribution in [2.24, 2.45) is 0 Å². The number of imidazole rings is 1. The quantitative estimate of drug-likeness (QED) is 0.845. The zero-order valence-corrected chi connectivity index (χ0v) is 9.42. The summed E-state index contributed by atoms with van der Waals surface area (Å²) in [6.07, 6.45) is 3.66. The smallest absolute Gasteiger partial charge is 0.207 e. The first-order chi connectivity index (χ1) is 7.22. The maximum atomic E-state index is 5.98. The normalized spacial score (nSPS) is 10.3. The minimum Gasteiger partial charge on any atom is -0.358 e. The van der Waals surface area contributed by atoms with Crippen LogP contribution in [0, 0.1) is 6.92 Å². The maximum absolute atomic E-state index is 5.98. The fraction of sp³-hybridized carbons (Fsp3) is 0.182. The summed E-state index contributed by atoms with van der Waals surface area (Å²) in [5.41, 5.74) is 2.21. The number of benzene rings is 1. The molecule has 1 heterocycles. The molecule has 0 aliphatic carbocycles. The van der Waals surface area contributed by atoms with E-state index in [2.05, 4.69) is 10.3 Å². The number of anilines is 1. The van der Waals surface area contributed by atoms with Crippen LogP contribution in [0.2, 0.25) is 5.02 Å². The number of hydrogen-bond donors (Lipinski definition) is 1. The highest BCUT2D eigenvalue weighted by Crippen LogP contribution is 2.21. The Bertz CT molecular complexity index is 476. The molecular formula is C11H12ClN3. The van der Waals surface area contributed by atoms with Crippen molar-refractivity contribution in [2.75, 3.05) is 12.4 Å². The largest absolute Gasteiger partial charge is 0.358 e. The van der Waals surface area contributed by atoms with Gasteiger partial charge < -0.3 is 5.32 Å². The highest BCUT2D eigenvalue weighted by atomic mass is 35.5. The summed E-state index contributed by atoms with van der Waals surface area (Å²) < 4.78 is 1.97. The fourth-order valence-electron chi connectivity index (χ4n) is 1.52. The molecule has 0 aliphatic heterocycles. The molecule has 0 atom stereocenters. The zero-order chi connectivity index (χ0) is 10.8. The van der Waals surface area contributed by atoms with E-state index >= 15 is 0 Å². The average Bonchev–Trinajstić information content (AvgIpc) is 2.69. The predicted molar refractivity (Wildman–Crippen MR) is 62.9 cm³/mol. The molecule has 0 unspecified atom stereocenters. The molecule has 1 N–H and O–H groups in total. The molecule has 2 rings (SSSR count). The first-order valence-electron chi connectivity index (χ1n) is 4.70. The van der Waals surface area contributed by atoms with E-state index in [1.165, 1.54) is 0 Å². The number of aryl methyl sites for hydroxylation is 1. The minimum atomic E-state index is 0.728. The van der Waals surface area contributed by atoms with E-state index in [-0.39, 0.29) is 0 Å². The van der Waals surface area contributed by atoms with Crippen molar-refractivity contribution in [2.45, 2.75) is 6.92 Å². The van der Waals surface area contributed by atoms with Gasteiger partial charge in [0.05, 0.1) is 5.69 Å². The van der Waals surface area contributed by atoms with E-state index in [9.17, 15) is 0 Å². The van der Waals surface area contributed by atoms with E-state index in [4.69, 9.17) is 11.6 Å². The van der Waals surface area contributed by atoms with Gasteiger partial charge in [0.2, 0.25) is 5.95 Å². The molecule has 1 aromatic carbocycles. The number of nitrogens with one attached hydrogen (secondary N) is 1. The molecule has 0 bridgehead atoms. The van der Waals surface area contributed by atoms with Crippen molar-refractivity contribution < 1.29 is 0 Å². The van der Waals surface area contributed by atoms with Crippen molar-refractivity contribution in [3.05, 3.63) is 41.2 Å². The molecule has 0 saturated heterocycles. The third-order valence-electron chi connectivity index (χ3n) is 2.30. The molecule has 2 aromatic rings. The Hall–Kier alpha value is -1.48. The van der Waals surface area contributed by atoms with Gasteiger partial charge in [0.25, 0.3) is 0 Å². The van der Waals surface area contributed by atoms with Crippen LogP contribution in [0.1, 0.15) is 5.56 Å². The summed E-state index contributed by atoms with van der Waals surface area (Å²) in [6.45, 7) is 2.05. The summed E-state index contributed by atoms with van der Waals surface area (Å²) in [4.78, 5) is 4.19. The number of nitrogens with zero attached hydrogens (tertiary/aromatic N) is 2. The third-order valence-corrected chi connectivity index (χ3v) is 2.53. The minimum absolute atomic E-state index is 0.728. The van der Waals surface area contributed by atoms with Crippen LogP contribution in [0.15, 0.2) is 30.6 Å². The van der Waals surface area contributed by atoms with Gasteiger partial charge in [-0.15, -0.1) is 0 Å². The van der Waals surface area contributed by atoms with Gasteiger partial charge in [-0.25, -0.2) is 4.98 Å². The Labute approximate surface area is 93.7 Å². The molecule has 3 nitrogen and oxygen atoms in total. The van der Waals surface area contributed by atoms with Crippen molar-refractivity contribution in [1.29, 1.82) is 0 Å². The van der Waals surface area contributed by atoms with Crippen LogP contribution >= 0.6 is 11.6 Å². The molecule has 15 heavy (non-hydrogen) atoms. The Balaban J connectivity index is 2.58. The highest BCUT2D eigenvalue weighted by molar-refractivity contribution is 6.30. The van der Waals surface area contributed by atoms with Crippen LogP contribution in [-0.4, -0.2) is 16.6 Å². The SMILES string of the molecule is CNc1nccn1-c1cc(Cl)ccc1C. The van der Waals surface area contributed by atoms with Crippen molar-refractivity contribution in [3.63, 3.8) is 0 Å². The Kier molecular flexibility index (Phi) is 2.64. The summed E-state index contributed by atoms with van der Waals surface area (Å²) >= 11 is 5.98. The van der Waals surface area contributed by atoms with Crippen LogP contribution < -0.4 is 5.32 Å². The second kappa shape index (κ2) is 3.95. The van der Waals surface area contributed by atoms with Crippen molar-refractivity contribution >= 4 is 17.5 Å². The van der Waals surface area contributed by atoms with Gasteiger partial charge in [0, 0.05) is 24.5 Å². The van der Waals surface area contributed by atoms with Gasteiger partial charge in [-0.05, 0) is 24.6 Å². The molecule has 0 radical (unpaired) electrons. The third kappa shape index (κ3) is 1.83. The number of rotatable bonds is 2. The lowest BCUT2D eigenvalue weighted by Crippen LogP contribution is -2.02. The molecule has 1 aromatic heterocycles. The lowest BCUT2D eigenvalue weighted by Gasteiger charge is -2.10. The molecular weight excluding hydrogens is 210 g/mol. The second-order valence-corrected chi connectivity index (χ2v) is 3.74. The lowest BCUT2D eigenvalue weighted by atomic mass is 10.2. The van der Waals surface area contributed by atoms with Crippen molar-refractivity contribution in [3.8, 4) is 5.69 Å². The van der Waals surface area contributed by atoms with Gasteiger partial charge in [0.15, 0.2) is 0 Å². The van der Waals surface area contributed by atoms with Crippen LogP contribution in [0.5, 0.6) is 0 Å². The van der Waals surface area contributed by atoms with E-state index in [0.29, 0.717) is 0 Å². The monoisotopic (exact) mass is 221 g/mol. The summed E-state index contributed by atoms with van der Waals surface area (Å²) in [7, 11) is 1.85. The molecule has 0 fully saturated rings. The number of hydrogen-bond acceptors (Lipinski definition) is 2. The summed E-state index contributed by atoms with van der Waals surface area (Å²) in [5, 5.41) is 3.76. The van der Waals surface area contributed by atoms with Crippen LogP contribution in [0.3, 0.4) is 0 Å². The molecule has 0 amide bonds. The highest BCUT2D eigenvalue weighted by Gasteiger charge is 2.06. The van der Waals surface area contributed by atoms with Gasteiger partial charge in [-0.1, -0.05) is 17.7 Å². The van der Waals surface area contributed by atoms with Gasteiger partial charge >= 0.3 is 0 Å². The molecule has 0 aliphatic rings. The van der Waals surface area contributed by atoms with E-state index in [1.54, 1.807) is 6.20 Å². The Morgan fingerprint density at radius 2 is 2.20 bits per heavy atom. The van der Waals surface area contributed by atoms with E-state index in [0.717, 1.165) is 22.2 Å². The van der Waals surface area contributed by atoms with Crippen LogP contribution in [-0.2, 0) is 0 Å². The predicted octanol–water partition coefficient (Wildman–Crippen LogP) is 2.88. The molecule has 4 heteroatoms. The Morgan fingerprint density at radius 3 is 2.93 bits per heavy atom. The maximum Gasteiger partial charge on any atom is 0.207 e. The zero-order valence-electron chi connectivity index (χ0n) is 8.66. The second-order valence-electron chi connectivity index (χ2n) is 3.30. The van der Waals surface area contributed by atoms with Gasteiger partial charge in [-0.2, -0.15) is 0 Å². The first-order valence-corrected chi connectivity index (χ1v) is 5.08. The van der Waals surface area contributed by atoms with E-state index in [1.807, 2.05) is 42.9 Å². The Morgan fingerprint density at radius 1 is 1.40 bits per heavy atom. The van der Waals surface area contributed by atoms with Crippen molar-refractivity contribution in [1.82, 2.24) is 9.55 Å². The summed E-state index contributed by atoms with van der Waals surface area (Å²) in [6, 6.07) is 5.81. The van der Waals surface area contributed by atoms with E-state index < -0.39 is 0 Å². The topological polar surface area (TPSA) is 29.9 Å². The fourth-order valence-corrected chi connectivity index (χ4v) is 1.69. The first kappa shape index (κ1) is 10.1. The molecule has 0 saturated carbocycles. The van der Waals surface area contributed by atoms with Crippen LogP contribution in [0.25, 0.3) is 5.69 Å². The molecule has 78 valence electrons.